The molecule has 18 heavy (non-hydrogen) atoms. The Morgan fingerprint density at radius 1 is 1.11 bits per heavy atom. The van der Waals surface area contributed by atoms with Gasteiger partial charge in [0, 0.05) is 12.4 Å². The highest BCUT2D eigenvalue weighted by atomic mass is 32.2. The van der Waals surface area contributed by atoms with E-state index in [4.69, 9.17) is 4.55 Å². The molecular weight excluding hydrogens is 252 g/mol. The number of pyridine rings is 2. The van der Waals surface area contributed by atoms with E-state index in [0.717, 1.165) is 5.56 Å². The van der Waals surface area contributed by atoms with Crippen LogP contribution in [0.25, 0.3) is 11.4 Å². The number of nitrogens with zero attached hydrogens (tertiary/aromatic N) is 2. The van der Waals surface area contributed by atoms with Crippen molar-refractivity contribution in [1.29, 1.82) is 0 Å². The van der Waals surface area contributed by atoms with Crippen molar-refractivity contribution >= 4 is 10.1 Å². The average molecular weight is 264 g/mol. The van der Waals surface area contributed by atoms with Gasteiger partial charge in [0.25, 0.3) is 10.1 Å². The van der Waals surface area contributed by atoms with E-state index >= 15 is 0 Å². The summed E-state index contributed by atoms with van der Waals surface area (Å²) in [5, 5.41) is 0. The van der Waals surface area contributed by atoms with Gasteiger partial charge in [-0.1, -0.05) is 0 Å². The third-order valence-electron chi connectivity index (χ3n) is 2.35. The SMILES string of the molecule is Cc1ccnc(-c2cc(CS(=O)(=O)O)ccn2)c1. The summed E-state index contributed by atoms with van der Waals surface area (Å²) in [6.07, 6.45) is 3.17. The largest absolute Gasteiger partial charge is 0.285 e. The number of hydrogen-bond donors (Lipinski definition) is 1. The van der Waals surface area contributed by atoms with E-state index < -0.39 is 15.9 Å². The summed E-state index contributed by atoms with van der Waals surface area (Å²) in [6.45, 7) is 1.94. The minimum absolute atomic E-state index is 0.422. The predicted octanol–water partition coefficient (Wildman–Crippen LogP) is 1.84. The first-order valence-corrected chi connectivity index (χ1v) is 6.88. The summed E-state index contributed by atoms with van der Waals surface area (Å²) < 4.78 is 30.5. The fourth-order valence-corrected chi connectivity index (χ4v) is 2.19. The molecule has 2 aromatic heterocycles. The molecule has 0 spiro atoms. The second-order valence-corrected chi connectivity index (χ2v) is 5.45. The van der Waals surface area contributed by atoms with E-state index in [-0.39, 0.29) is 0 Å². The molecule has 0 aromatic carbocycles. The smallest absolute Gasteiger partial charge is 0.269 e. The molecule has 0 unspecified atom stereocenters. The monoisotopic (exact) mass is 264 g/mol. The molecule has 0 aliphatic carbocycles. The maximum absolute atomic E-state index is 10.8. The number of rotatable bonds is 3. The quantitative estimate of drug-likeness (QED) is 0.855. The van der Waals surface area contributed by atoms with Crippen molar-refractivity contribution in [3.05, 3.63) is 47.8 Å². The van der Waals surface area contributed by atoms with Gasteiger partial charge in [0.05, 0.1) is 11.4 Å². The Bertz CT molecular complexity index is 669. The van der Waals surface area contributed by atoms with Gasteiger partial charge in [-0.15, -0.1) is 0 Å². The van der Waals surface area contributed by atoms with Gasteiger partial charge in [-0.05, 0) is 42.3 Å². The minimum atomic E-state index is -4.03. The van der Waals surface area contributed by atoms with E-state index in [1.165, 1.54) is 6.20 Å². The lowest BCUT2D eigenvalue weighted by atomic mass is 10.1. The fraction of sp³-hybridized carbons (Fsp3) is 0.167. The Labute approximate surface area is 105 Å². The van der Waals surface area contributed by atoms with Crippen LogP contribution in [0.3, 0.4) is 0 Å². The summed E-state index contributed by atoms with van der Waals surface area (Å²) in [5.41, 5.74) is 2.78. The summed E-state index contributed by atoms with van der Waals surface area (Å²) in [5.74, 6) is -0.422. The van der Waals surface area contributed by atoms with Crippen LogP contribution in [-0.4, -0.2) is 22.9 Å². The first-order valence-electron chi connectivity index (χ1n) is 5.27. The fourth-order valence-electron chi connectivity index (χ4n) is 1.59. The van der Waals surface area contributed by atoms with Gasteiger partial charge in [-0.2, -0.15) is 8.42 Å². The van der Waals surface area contributed by atoms with Crippen LogP contribution in [0, 0.1) is 6.92 Å². The molecule has 0 saturated heterocycles. The van der Waals surface area contributed by atoms with Crippen molar-refractivity contribution in [3.8, 4) is 11.4 Å². The van der Waals surface area contributed by atoms with Crippen LogP contribution >= 0.6 is 0 Å². The first-order chi connectivity index (χ1) is 8.44. The van der Waals surface area contributed by atoms with Crippen LogP contribution in [0.15, 0.2) is 36.7 Å². The highest BCUT2D eigenvalue weighted by molar-refractivity contribution is 7.85. The van der Waals surface area contributed by atoms with Crippen LogP contribution in [-0.2, 0) is 15.9 Å². The molecule has 2 heterocycles. The van der Waals surface area contributed by atoms with Gasteiger partial charge in [0.1, 0.15) is 5.75 Å². The molecule has 0 bridgehead atoms. The summed E-state index contributed by atoms with van der Waals surface area (Å²) in [6, 6.07) is 6.88. The molecule has 0 atom stereocenters. The molecular formula is C12H12N2O3S. The lowest BCUT2D eigenvalue weighted by molar-refractivity contribution is 0.482. The minimum Gasteiger partial charge on any atom is -0.285 e. The molecule has 6 heteroatoms. The van der Waals surface area contributed by atoms with Crippen molar-refractivity contribution in [2.24, 2.45) is 0 Å². The first kappa shape index (κ1) is 12.7. The third kappa shape index (κ3) is 3.35. The molecule has 0 aliphatic rings. The van der Waals surface area contributed by atoms with Crippen molar-refractivity contribution in [1.82, 2.24) is 9.97 Å². The molecule has 2 aromatic rings. The summed E-state index contributed by atoms with van der Waals surface area (Å²) in [4.78, 5) is 8.31. The van der Waals surface area contributed by atoms with Gasteiger partial charge in [0.2, 0.25) is 0 Å². The lowest BCUT2D eigenvalue weighted by Gasteiger charge is -2.03. The van der Waals surface area contributed by atoms with Crippen LogP contribution in [0.5, 0.6) is 0 Å². The van der Waals surface area contributed by atoms with Gasteiger partial charge >= 0.3 is 0 Å². The Hall–Kier alpha value is -1.79. The molecule has 0 amide bonds. The van der Waals surface area contributed by atoms with Gasteiger partial charge < -0.3 is 0 Å². The normalized spacial score (nSPS) is 11.4. The Morgan fingerprint density at radius 3 is 2.33 bits per heavy atom. The van der Waals surface area contributed by atoms with Crippen molar-refractivity contribution in [2.45, 2.75) is 12.7 Å². The molecule has 0 fully saturated rings. The standard InChI is InChI=1S/C12H12N2O3S/c1-9-2-4-13-11(6-9)12-7-10(3-5-14-12)8-18(15,16)17/h2-7H,8H2,1H3,(H,15,16,17). The highest BCUT2D eigenvalue weighted by Crippen LogP contribution is 2.17. The summed E-state index contributed by atoms with van der Waals surface area (Å²) >= 11 is 0. The predicted molar refractivity (Wildman–Crippen MR) is 67.5 cm³/mol. The second kappa shape index (κ2) is 4.83. The average Bonchev–Trinajstić information content (AvgIpc) is 2.27. The number of aromatic nitrogens is 2. The molecule has 5 nitrogen and oxygen atoms in total. The number of hydrogen-bond acceptors (Lipinski definition) is 4. The Balaban J connectivity index is 2.38. The lowest BCUT2D eigenvalue weighted by Crippen LogP contribution is -2.02. The zero-order valence-corrected chi connectivity index (χ0v) is 10.6. The number of aryl methyl sites for hydroxylation is 1. The molecule has 0 saturated carbocycles. The second-order valence-electron chi connectivity index (χ2n) is 3.99. The van der Waals surface area contributed by atoms with Crippen molar-refractivity contribution in [2.75, 3.05) is 0 Å². The zero-order valence-electron chi connectivity index (χ0n) is 9.74. The van der Waals surface area contributed by atoms with Gasteiger partial charge in [0.15, 0.2) is 0 Å². The summed E-state index contributed by atoms with van der Waals surface area (Å²) in [7, 11) is -4.03. The van der Waals surface area contributed by atoms with E-state index in [2.05, 4.69) is 9.97 Å². The highest BCUT2D eigenvalue weighted by Gasteiger charge is 2.08. The maximum atomic E-state index is 10.8. The van der Waals surface area contributed by atoms with Gasteiger partial charge in [-0.25, -0.2) is 0 Å². The van der Waals surface area contributed by atoms with Crippen LogP contribution < -0.4 is 0 Å². The van der Waals surface area contributed by atoms with Crippen LogP contribution in [0.1, 0.15) is 11.1 Å². The van der Waals surface area contributed by atoms with Crippen LogP contribution in [0.4, 0.5) is 0 Å². The maximum Gasteiger partial charge on any atom is 0.269 e. The van der Waals surface area contributed by atoms with Gasteiger partial charge in [-0.3, -0.25) is 14.5 Å². The molecule has 0 radical (unpaired) electrons. The van der Waals surface area contributed by atoms with Crippen molar-refractivity contribution < 1.29 is 13.0 Å². The Morgan fingerprint density at radius 2 is 1.72 bits per heavy atom. The molecule has 0 aliphatic heterocycles. The van der Waals surface area contributed by atoms with E-state index in [1.807, 2.05) is 19.1 Å². The zero-order chi connectivity index (χ0) is 13.2. The third-order valence-corrected chi connectivity index (χ3v) is 3.05. The molecule has 2 rings (SSSR count). The van der Waals surface area contributed by atoms with Crippen molar-refractivity contribution in [3.63, 3.8) is 0 Å². The molecule has 1 N–H and O–H groups in total. The van der Waals surface area contributed by atoms with E-state index in [1.54, 1.807) is 18.3 Å². The van der Waals surface area contributed by atoms with E-state index in [0.29, 0.717) is 17.0 Å². The molecule has 94 valence electrons. The van der Waals surface area contributed by atoms with E-state index in [9.17, 15) is 8.42 Å². The van der Waals surface area contributed by atoms with Crippen LogP contribution in [0.2, 0.25) is 0 Å². The Kier molecular flexibility index (Phi) is 3.40. The topological polar surface area (TPSA) is 80.2 Å².